The molecule has 1 N–H and O–H groups in total. The van der Waals surface area contributed by atoms with E-state index in [9.17, 15) is 4.79 Å². The molecular weight excluding hydrogens is 258 g/mol. The number of carbonyl (C=O) groups excluding carboxylic acids is 1. The lowest BCUT2D eigenvalue weighted by Crippen LogP contribution is -2.29. The van der Waals surface area contributed by atoms with E-state index in [4.69, 9.17) is 0 Å². The molecule has 0 aromatic rings. The maximum absolute atomic E-state index is 11.4. The first-order chi connectivity index (χ1) is 10.2. The third-order valence-electron chi connectivity index (χ3n) is 3.62. The van der Waals surface area contributed by atoms with Crippen molar-refractivity contribution in [2.24, 2.45) is 0 Å². The minimum Gasteiger partial charge on any atom is -0.354 e. The highest BCUT2D eigenvalue weighted by molar-refractivity contribution is 5.76. The van der Waals surface area contributed by atoms with Gasteiger partial charge < -0.3 is 5.32 Å². The van der Waals surface area contributed by atoms with Crippen LogP contribution in [0.4, 0.5) is 0 Å². The third kappa shape index (κ3) is 17.2. The molecular formula is C19H37NO. The van der Waals surface area contributed by atoms with E-state index in [1.807, 2.05) is 13.8 Å². The second-order valence-corrected chi connectivity index (χ2v) is 6.35. The number of rotatable bonds is 14. The van der Waals surface area contributed by atoms with Crippen LogP contribution in [0.15, 0.2) is 12.2 Å². The van der Waals surface area contributed by atoms with Gasteiger partial charge in [0.2, 0.25) is 5.91 Å². The summed E-state index contributed by atoms with van der Waals surface area (Å²) >= 11 is 0. The Labute approximate surface area is 132 Å². The summed E-state index contributed by atoms with van der Waals surface area (Å²) in [6.07, 6.45) is 19.4. The molecule has 0 saturated carbocycles. The molecule has 0 unspecified atom stereocenters. The van der Waals surface area contributed by atoms with Crippen LogP contribution in [0, 0.1) is 0 Å². The molecule has 0 aromatic heterocycles. The minimum absolute atomic E-state index is 0.205. The standard InChI is InChI=1S/C19H37NO/c1-4-5-6-7-8-9-10-11-12-13-14-15-16-17-19(21)20-18(2)3/h9-10,18H,4-8,11-17H2,1-3H3,(H,20,21)/b10-9+. The van der Waals surface area contributed by atoms with Gasteiger partial charge in [0, 0.05) is 12.5 Å². The Hall–Kier alpha value is -0.790. The molecule has 0 aliphatic rings. The fourth-order valence-corrected chi connectivity index (χ4v) is 2.40. The summed E-state index contributed by atoms with van der Waals surface area (Å²) in [5.41, 5.74) is 0. The van der Waals surface area contributed by atoms with Crippen LogP contribution >= 0.6 is 0 Å². The fraction of sp³-hybridized carbons (Fsp3) is 0.842. The largest absolute Gasteiger partial charge is 0.354 e. The van der Waals surface area contributed by atoms with Crippen molar-refractivity contribution >= 4 is 5.91 Å². The van der Waals surface area contributed by atoms with Gasteiger partial charge in [0.25, 0.3) is 0 Å². The number of hydrogen-bond acceptors (Lipinski definition) is 1. The van der Waals surface area contributed by atoms with E-state index in [1.54, 1.807) is 0 Å². The predicted octanol–water partition coefficient (Wildman–Crippen LogP) is 5.77. The van der Waals surface area contributed by atoms with Crippen LogP contribution in [0.25, 0.3) is 0 Å². The van der Waals surface area contributed by atoms with Crippen molar-refractivity contribution in [2.45, 2.75) is 104 Å². The molecule has 1 amide bonds. The van der Waals surface area contributed by atoms with E-state index < -0.39 is 0 Å². The van der Waals surface area contributed by atoms with Gasteiger partial charge >= 0.3 is 0 Å². The highest BCUT2D eigenvalue weighted by atomic mass is 16.1. The van der Waals surface area contributed by atoms with E-state index in [1.165, 1.54) is 64.2 Å². The van der Waals surface area contributed by atoms with Gasteiger partial charge in [0.05, 0.1) is 0 Å². The van der Waals surface area contributed by atoms with Crippen LogP contribution in [0.3, 0.4) is 0 Å². The van der Waals surface area contributed by atoms with Crippen molar-refractivity contribution in [2.75, 3.05) is 0 Å². The molecule has 0 rings (SSSR count). The zero-order valence-corrected chi connectivity index (χ0v) is 14.6. The van der Waals surface area contributed by atoms with Crippen LogP contribution in [-0.4, -0.2) is 11.9 Å². The molecule has 2 nitrogen and oxygen atoms in total. The highest BCUT2D eigenvalue weighted by Gasteiger charge is 2.01. The first kappa shape index (κ1) is 20.2. The Bertz CT molecular complexity index is 258. The van der Waals surface area contributed by atoms with Crippen molar-refractivity contribution in [1.29, 1.82) is 0 Å². The van der Waals surface area contributed by atoms with E-state index in [0.29, 0.717) is 6.42 Å². The molecule has 21 heavy (non-hydrogen) atoms. The molecule has 0 fully saturated rings. The molecule has 0 heterocycles. The maximum Gasteiger partial charge on any atom is 0.220 e. The van der Waals surface area contributed by atoms with Crippen LogP contribution in [0.1, 0.15) is 97.8 Å². The lowest BCUT2D eigenvalue weighted by Gasteiger charge is -2.07. The van der Waals surface area contributed by atoms with E-state index in [0.717, 1.165) is 6.42 Å². The molecule has 0 saturated heterocycles. The van der Waals surface area contributed by atoms with E-state index in [-0.39, 0.29) is 11.9 Å². The van der Waals surface area contributed by atoms with Crippen LogP contribution in [0.2, 0.25) is 0 Å². The highest BCUT2D eigenvalue weighted by Crippen LogP contribution is 2.08. The summed E-state index contributed by atoms with van der Waals surface area (Å²) in [5, 5.41) is 2.94. The monoisotopic (exact) mass is 295 g/mol. The summed E-state index contributed by atoms with van der Waals surface area (Å²) in [7, 11) is 0. The normalized spacial score (nSPS) is 11.4. The first-order valence-corrected chi connectivity index (χ1v) is 9.11. The Morgan fingerprint density at radius 2 is 1.38 bits per heavy atom. The van der Waals surface area contributed by atoms with Crippen LogP contribution in [0.5, 0.6) is 0 Å². The van der Waals surface area contributed by atoms with Crippen molar-refractivity contribution in [3.63, 3.8) is 0 Å². The summed E-state index contributed by atoms with van der Waals surface area (Å²) in [6.45, 7) is 6.27. The van der Waals surface area contributed by atoms with Crippen LogP contribution in [-0.2, 0) is 4.79 Å². The van der Waals surface area contributed by atoms with Gasteiger partial charge in [-0.25, -0.2) is 0 Å². The second kappa shape index (κ2) is 15.6. The smallest absolute Gasteiger partial charge is 0.220 e. The fourth-order valence-electron chi connectivity index (χ4n) is 2.40. The maximum atomic E-state index is 11.4. The van der Waals surface area contributed by atoms with Gasteiger partial charge in [-0.3, -0.25) is 4.79 Å². The number of carbonyl (C=O) groups is 1. The predicted molar refractivity (Wildman–Crippen MR) is 93.5 cm³/mol. The van der Waals surface area contributed by atoms with E-state index >= 15 is 0 Å². The number of nitrogens with one attached hydrogen (secondary N) is 1. The van der Waals surface area contributed by atoms with Gasteiger partial charge in [0.1, 0.15) is 0 Å². The molecule has 0 aliphatic heterocycles. The zero-order chi connectivity index (χ0) is 15.8. The Balaban J connectivity index is 3.18. The number of amides is 1. The number of allylic oxidation sites excluding steroid dienone is 2. The van der Waals surface area contributed by atoms with Gasteiger partial charge in [-0.1, -0.05) is 57.6 Å². The molecule has 124 valence electrons. The van der Waals surface area contributed by atoms with Crippen molar-refractivity contribution < 1.29 is 4.79 Å². The van der Waals surface area contributed by atoms with Gasteiger partial charge in [-0.15, -0.1) is 0 Å². The number of hydrogen-bond donors (Lipinski definition) is 1. The summed E-state index contributed by atoms with van der Waals surface area (Å²) in [6, 6.07) is 0.270. The molecule has 0 aromatic carbocycles. The van der Waals surface area contributed by atoms with Gasteiger partial charge in [-0.05, 0) is 46.0 Å². The lowest BCUT2D eigenvalue weighted by atomic mass is 10.1. The lowest BCUT2D eigenvalue weighted by molar-refractivity contribution is -0.121. The Kier molecular flexibility index (Phi) is 15.0. The number of unbranched alkanes of at least 4 members (excludes halogenated alkanes) is 9. The topological polar surface area (TPSA) is 29.1 Å². The summed E-state index contributed by atoms with van der Waals surface area (Å²) in [5.74, 6) is 0.205. The van der Waals surface area contributed by atoms with Gasteiger partial charge in [-0.2, -0.15) is 0 Å². The molecule has 0 spiro atoms. The summed E-state index contributed by atoms with van der Waals surface area (Å²) in [4.78, 5) is 11.4. The SMILES string of the molecule is CCCCCC/C=C/CCCCCCCC(=O)NC(C)C. The Morgan fingerprint density at radius 3 is 1.95 bits per heavy atom. The summed E-state index contributed by atoms with van der Waals surface area (Å²) < 4.78 is 0. The average Bonchev–Trinajstić information content (AvgIpc) is 2.43. The van der Waals surface area contributed by atoms with E-state index in [2.05, 4.69) is 24.4 Å². The second-order valence-electron chi connectivity index (χ2n) is 6.35. The third-order valence-corrected chi connectivity index (χ3v) is 3.62. The molecule has 2 heteroatoms. The van der Waals surface area contributed by atoms with Crippen LogP contribution < -0.4 is 5.32 Å². The minimum atomic E-state index is 0.205. The molecule has 0 aliphatic carbocycles. The first-order valence-electron chi connectivity index (χ1n) is 9.11. The molecule has 0 radical (unpaired) electrons. The van der Waals surface area contributed by atoms with Gasteiger partial charge in [0.15, 0.2) is 0 Å². The zero-order valence-electron chi connectivity index (χ0n) is 14.6. The van der Waals surface area contributed by atoms with Crippen molar-refractivity contribution in [3.8, 4) is 0 Å². The Morgan fingerprint density at radius 1 is 0.857 bits per heavy atom. The van der Waals surface area contributed by atoms with Crippen molar-refractivity contribution in [3.05, 3.63) is 12.2 Å². The molecule has 0 bridgehead atoms. The average molecular weight is 296 g/mol. The van der Waals surface area contributed by atoms with Crippen molar-refractivity contribution in [1.82, 2.24) is 5.32 Å². The quantitative estimate of drug-likeness (QED) is 0.320. The molecule has 0 atom stereocenters.